The van der Waals surface area contributed by atoms with Crippen LogP contribution in [-0.4, -0.2) is 72.5 Å². The zero-order valence-electron chi connectivity index (χ0n) is 23.4. The van der Waals surface area contributed by atoms with E-state index in [9.17, 15) is 9.90 Å². The Hall–Kier alpha value is -2.75. The second kappa shape index (κ2) is 14.2. The lowest BCUT2D eigenvalue weighted by molar-refractivity contribution is -0.253. The molecule has 0 bridgehead atoms. The number of carbonyl (C=O) groups excluding carboxylic acids is 1. The first-order valence-corrected chi connectivity index (χ1v) is 14.7. The average molecular weight is 550 g/mol. The quantitative estimate of drug-likeness (QED) is 0.393. The molecule has 40 heavy (non-hydrogen) atoms. The Balaban J connectivity index is 1.26. The van der Waals surface area contributed by atoms with E-state index in [4.69, 9.17) is 14.2 Å². The van der Waals surface area contributed by atoms with Crippen LogP contribution in [0.1, 0.15) is 66.8 Å². The minimum Gasteiger partial charge on any atom is -0.445 e. The molecular weight excluding hydrogens is 506 g/mol. The fourth-order valence-corrected chi connectivity index (χ4v) is 6.05. The molecule has 8 nitrogen and oxygen atoms in total. The molecule has 0 aliphatic carbocycles. The van der Waals surface area contributed by atoms with Crippen molar-refractivity contribution in [3.63, 3.8) is 0 Å². The molecular formula is C32H43N3O5. The van der Waals surface area contributed by atoms with E-state index in [1.807, 2.05) is 36.4 Å². The normalized spacial score (nSPS) is 25.6. The number of rotatable bonds is 11. The summed E-state index contributed by atoms with van der Waals surface area (Å²) in [7, 11) is 0. The molecule has 3 fully saturated rings. The highest BCUT2D eigenvalue weighted by molar-refractivity contribution is 5.67. The number of carbonyl (C=O) groups is 1. The Bertz CT molecular complexity index is 1090. The van der Waals surface area contributed by atoms with E-state index >= 15 is 0 Å². The monoisotopic (exact) mass is 549 g/mol. The van der Waals surface area contributed by atoms with Gasteiger partial charge in [-0.1, -0.05) is 61.2 Å². The molecule has 8 heteroatoms. The van der Waals surface area contributed by atoms with Gasteiger partial charge in [-0.15, -0.1) is 0 Å². The Morgan fingerprint density at radius 2 is 1.70 bits per heavy atom. The number of benzene rings is 2. The minimum absolute atomic E-state index is 0.0285. The molecule has 3 saturated heterocycles. The lowest BCUT2D eigenvalue weighted by Crippen LogP contribution is -2.45. The summed E-state index contributed by atoms with van der Waals surface area (Å²) in [5.41, 5.74) is 3.91. The number of aliphatic hydroxyl groups excluding tert-OH is 1. The van der Waals surface area contributed by atoms with E-state index in [1.165, 1.54) is 44.8 Å². The van der Waals surface area contributed by atoms with Gasteiger partial charge in [0.1, 0.15) is 6.61 Å². The van der Waals surface area contributed by atoms with Gasteiger partial charge >= 0.3 is 6.09 Å². The van der Waals surface area contributed by atoms with Gasteiger partial charge in [0.25, 0.3) is 0 Å². The Kier molecular flexibility index (Phi) is 10.2. The van der Waals surface area contributed by atoms with Gasteiger partial charge in [-0.3, -0.25) is 4.90 Å². The topological polar surface area (TPSA) is 83.5 Å². The van der Waals surface area contributed by atoms with Gasteiger partial charge in [0, 0.05) is 37.7 Å². The second-order valence-electron chi connectivity index (χ2n) is 11.1. The first kappa shape index (κ1) is 28.8. The van der Waals surface area contributed by atoms with Crippen LogP contribution in [0, 0.1) is 0 Å². The molecule has 216 valence electrons. The van der Waals surface area contributed by atoms with Crippen LogP contribution < -0.4 is 5.32 Å². The SMILES string of the molecule is C=CCOC(=O)NCc1ccc(C2OC(CN3CCCC3CN3CCCC3)CC(c3ccc(CO)cc3)O2)cc1. The van der Waals surface area contributed by atoms with Gasteiger partial charge in [0.15, 0.2) is 6.29 Å². The zero-order chi connectivity index (χ0) is 27.7. The maximum Gasteiger partial charge on any atom is 0.407 e. The van der Waals surface area contributed by atoms with Crippen LogP contribution in [0.2, 0.25) is 0 Å². The molecule has 1 amide bonds. The molecule has 2 aromatic carbocycles. The van der Waals surface area contributed by atoms with Crippen molar-refractivity contribution in [1.82, 2.24) is 15.1 Å². The number of likely N-dealkylation sites (tertiary alicyclic amines) is 2. The molecule has 2 aromatic rings. The van der Waals surface area contributed by atoms with Gasteiger partial charge in [0.05, 0.1) is 18.8 Å². The lowest BCUT2D eigenvalue weighted by Gasteiger charge is -2.39. The highest BCUT2D eigenvalue weighted by Gasteiger charge is 2.36. The third-order valence-electron chi connectivity index (χ3n) is 8.24. The Labute approximate surface area is 237 Å². The van der Waals surface area contributed by atoms with Crippen molar-refractivity contribution in [3.05, 3.63) is 83.4 Å². The Morgan fingerprint density at radius 3 is 2.42 bits per heavy atom. The fourth-order valence-electron chi connectivity index (χ4n) is 6.05. The molecule has 0 spiro atoms. The number of nitrogens with one attached hydrogen (secondary N) is 1. The van der Waals surface area contributed by atoms with E-state index in [1.54, 1.807) is 0 Å². The van der Waals surface area contributed by atoms with E-state index in [2.05, 4.69) is 33.8 Å². The maximum absolute atomic E-state index is 11.8. The zero-order valence-corrected chi connectivity index (χ0v) is 23.4. The highest BCUT2D eigenvalue weighted by atomic mass is 16.7. The molecule has 2 N–H and O–H groups in total. The average Bonchev–Trinajstić information content (AvgIpc) is 3.67. The van der Waals surface area contributed by atoms with Crippen LogP contribution in [0.5, 0.6) is 0 Å². The van der Waals surface area contributed by atoms with Crippen LogP contribution in [-0.2, 0) is 27.4 Å². The number of ether oxygens (including phenoxy) is 3. The number of hydrogen-bond donors (Lipinski definition) is 2. The highest BCUT2D eigenvalue weighted by Crippen LogP contribution is 2.39. The molecule has 3 aliphatic heterocycles. The van der Waals surface area contributed by atoms with Crippen molar-refractivity contribution in [2.45, 2.75) is 69.8 Å². The van der Waals surface area contributed by atoms with Gasteiger partial charge in [0.2, 0.25) is 0 Å². The molecule has 0 aromatic heterocycles. The molecule has 3 aliphatic rings. The van der Waals surface area contributed by atoms with Crippen LogP contribution in [0.4, 0.5) is 4.79 Å². The molecule has 0 radical (unpaired) electrons. The van der Waals surface area contributed by atoms with Crippen molar-refractivity contribution in [2.24, 2.45) is 0 Å². The molecule has 3 heterocycles. The van der Waals surface area contributed by atoms with E-state index in [-0.39, 0.29) is 25.4 Å². The molecule has 0 saturated carbocycles. The minimum atomic E-state index is -0.486. The van der Waals surface area contributed by atoms with Crippen LogP contribution in [0.3, 0.4) is 0 Å². The summed E-state index contributed by atoms with van der Waals surface area (Å²) in [6.07, 6.45) is 6.46. The number of alkyl carbamates (subject to hydrolysis) is 1. The summed E-state index contributed by atoms with van der Waals surface area (Å²) in [6.45, 7) is 9.78. The van der Waals surface area contributed by atoms with Crippen molar-refractivity contribution in [1.29, 1.82) is 0 Å². The Morgan fingerprint density at radius 1 is 0.975 bits per heavy atom. The van der Waals surface area contributed by atoms with Crippen LogP contribution in [0.25, 0.3) is 0 Å². The van der Waals surface area contributed by atoms with Gasteiger partial charge < -0.3 is 29.5 Å². The van der Waals surface area contributed by atoms with Crippen molar-refractivity contribution >= 4 is 6.09 Å². The second-order valence-corrected chi connectivity index (χ2v) is 11.1. The summed E-state index contributed by atoms with van der Waals surface area (Å²) in [4.78, 5) is 17.0. The molecule has 5 rings (SSSR count). The van der Waals surface area contributed by atoms with E-state index in [0.29, 0.717) is 12.6 Å². The largest absolute Gasteiger partial charge is 0.445 e. The summed E-state index contributed by atoms with van der Waals surface area (Å²) in [5.74, 6) is 0. The standard InChI is InChI=1S/C32H43N3O5/c1-2-18-38-32(37)33-20-24-7-13-27(14-8-24)31-39-29(19-30(40-31)26-11-9-25(23-36)10-12-26)22-35-17-5-6-28(35)21-34-15-3-4-16-34/h2,7-14,28-31,36H,1,3-6,15-23H2,(H,33,37). The van der Waals surface area contributed by atoms with Crippen LogP contribution >= 0.6 is 0 Å². The predicted molar refractivity (Wildman–Crippen MR) is 154 cm³/mol. The number of hydrogen-bond acceptors (Lipinski definition) is 7. The molecule has 4 unspecified atom stereocenters. The van der Waals surface area contributed by atoms with Crippen LogP contribution in [0.15, 0.2) is 61.2 Å². The first-order valence-electron chi connectivity index (χ1n) is 14.7. The number of aliphatic hydroxyl groups is 1. The smallest absolute Gasteiger partial charge is 0.407 e. The van der Waals surface area contributed by atoms with Crippen molar-refractivity contribution in [2.75, 3.05) is 39.3 Å². The van der Waals surface area contributed by atoms with Gasteiger partial charge in [-0.05, 0) is 62.0 Å². The van der Waals surface area contributed by atoms with Gasteiger partial charge in [-0.25, -0.2) is 4.79 Å². The van der Waals surface area contributed by atoms with Gasteiger partial charge in [-0.2, -0.15) is 0 Å². The summed E-state index contributed by atoms with van der Waals surface area (Å²) >= 11 is 0. The summed E-state index contributed by atoms with van der Waals surface area (Å²) < 4.78 is 18.1. The predicted octanol–water partition coefficient (Wildman–Crippen LogP) is 4.70. The third kappa shape index (κ3) is 7.71. The fraction of sp³-hybridized carbons (Fsp3) is 0.531. The van der Waals surface area contributed by atoms with Crippen molar-refractivity contribution in [3.8, 4) is 0 Å². The number of amides is 1. The maximum atomic E-state index is 11.8. The lowest BCUT2D eigenvalue weighted by atomic mass is 9.99. The van der Waals surface area contributed by atoms with E-state index in [0.717, 1.165) is 48.3 Å². The summed E-state index contributed by atoms with van der Waals surface area (Å²) in [5, 5.41) is 12.2. The summed E-state index contributed by atoms with van der Waals surface area (Å²) in [6, 6.07) is 16.6. The first-order chi connectivity index (χ1) is 19.6. The third-order valence-corrected chi connectivity index (χ3v) is 8.24. The van der Waals surface area contributed by atoms with E-state index < -0.39 is 12.4 Å². The van der Waals surface area contributed by atoms with Crippen molar-refractivity contribution < 1.29 is 24.1 Å². The molecule has 4 atom stereocenters. The number of nitrogens with zero attached hydrogens (tertiary/aromatic N) is 2.